The van der Waals surface area contributed by atoms with Crippen LogP contribution in [-0.2, 0) is 11.3 Å². The molecular weight excluding hydrogens is 296 g/mol. The van der Waals surface area contributed by atoms with Crippen LogP contribution in [-0.4, -0.2) is 47.3 Å². The Morgan fingerprint density at radius 3 is 2.73 bits per heavy atom. The quantitative estimate of drug-likeness (QED) is 0.750. The third-order valence-electron chi connectivity index (χ3n) is 4.44. The molecule has 1 heterocycles. The summed E-state index contributed by atoms with van der Waals surface area (Å²) in [5, 5.41) is 0. The number of nitrogens with zero attached hydrogens (tertiary/aromatic N) is 2. The average molecular weight is 323 g/mol. The molecule has 4 heteroatoms. The van der Waals surface area contributed by atoms with Crippen LogP contribution in [0, 0.1) is 5.92 Å². The fraction of sp³-hybridized carbons (Fsp3) is 0.611. The monoisotopic (exact) mass is 322 g/mol. The van der Waals surface area contributed by atoms with E-state index in [4.69, 9.17) is 11.6 Å². The van der Waals surface area contributed by atoms with Gasteiger partial charge in [0.1, 0.15) is 5.88 Å². The molecule has 1 aliphatic rings. The Labute approximate surface area is 139 Å². The summed E-state index contributed by atoms with van der Waals surface area (Å²) in [6.07, 6.45) is 2.29. The second-order valence-electron chi connectivity index (χ2n) is 6.49. The van der Waals surface area contributed by atoms with E-state index >= 15 is 0 Å². The van der Waals surface area contributed by atoms with E-state index in [0.29, 0.717) is 12.0 Å². The Kier molecular flexibility index (Phi) is 6.71. The Hall–Kier alpha value is -1.06. The van der Waals surface area contributed by atoms with Crippen LogP contribution in [0.25, 0.3) is 0 Å². The first-order valence-corrected chi connectivity index (χ1v) is 8.75. The third-order valence-corrected chi connectivity index (χ3v) is 4.67. The molecule has 122 valence electrons. The van der Waals surface area contributed by atoms with Gasteiger partial charge in [0.05, 0.1) is 0 Å². The molecule has 0 aliphatic carbocycles. The van der Waals surface area contributed by atoms with Gasteiger partial charge in [0.2, 0.25) is 5.91 Å². The molecule has 0 unspecified atom stereocenters. The number of halogens is 1. The summed E-state index contributed by atoms with van der Waals surface area (Å²) in [4.78, 5) is 16.2. The van der Waals surface area contributed by atoms with Crippen molar-refractivity contribution >= 4 is 17.5 Å². The number of hydrogen-bond acceptors (Lipinski definition) is 2. The van der Waals surface area contributed by atoms with E-state index in [0.717, 1.165) is 32.6 Å². The minimum atomic E-state index is 0.0746. The summed E-state index contributed by atoms with van der Waals surface area (Å²) >= 11 is 5.69. The fourth-order valence-corrected chi connectivity index (χ4v) is 3.30. The van der Waals surface area contributed by atoms with Gasteiger partial charge in [-0.15, -0.1) is 11.6 Å². The zero-order chi connectivity index (χ0) is 15.9. The van der Waals surface area contributed by atoms with Crippen molar-refractivity contribution in [2.24, 2.45) is 5.92 Å². The molecule has 0 bridgehead atoms. The highest BCUT2D eigenvalue weighted by atomic mass is 35.5. The van der Waals surface area contributed by atoms with E-state index < -0.39 is 0 Å². The highest BCUT2D eigenvalue weighted by Gasteiger charge is 2.25. The number of carbonyl (C=O) groups is 1. The standard InChI is InChI=1S/C18H27ClN2O/c1-15(2)21(12-16-7-4-3-5-8-16)14-17-9-6-10-20(13-17)18(22)11-19/h3-5,7-8,15,17H,6,9-14H2,1-2H3/t17-/m1/s1. The van der Waals surface area contributed by atoms with Gasteiger partial charge in [-0.2, -0.15) is 0 Å². The number of alkyl halides is 1. The van der Waals surface area contributed by atoms with Crippen molar-refractivity contribution in [1.29, 1.82) is 0 Å². The molecule has 1 aliphatic heterocycles. The van der Waals surface area contributed by atoms with Crippen LogP contribution < -0.4 is 0 Å². The van der Waals surface area contributed by atoms with Crippen molar-refractivity contribution < 1.29 is 4.79 Å². The lowest BCUT2D eigenvalue weighted by atomic mass is 9.96. The zero-order valence-corrected chi connectivity index (χ0v) is 14.4. The number of benzene rings is 1. The molecule has 3 nitrogen and oxygen atoms in total. The van der Waals surface area contributed by atoms with Crippen molar-refractivity contribution in [3.63, 3.8) is 0 Å². The Morgan fingerprint density at radius 1 is 1.36 bits per heavy atom. The Balaban J connectivity index is 1.94. The molecule has 0 radical (unpaired) electrons. The third kappa shape index (κ3) is 4.99. The van der Waals surface area contributed by atoms with Crippen LogP contribution in [0.1, 0.15) is 32.3 Å². The van der Waals surface area contributed by atoms with Gasteiger partial charge in [-0.05, 0) is 38.2 Å². The molecular formula is C18H27ClN2O. The average Bonchev–Trinajstić information content (AvgIpc) is 2.54. The second-order valence-corrected chi connectivity index (χ2v) is 6.76. The van der Waals surface area contributed by atoms with Crippen molar-refractivity contribution in [1.82, 2.24) is 9.80 Å². The summed E-state index contributed by atoms with van der Waals surface area (Å²) in [5.41, 5.74) is 1.35. The normalized spacial score (nSPS) is 19.0. The minimum Gasteiger partial charge on any atom is -0.341 e. The smallest absolute Gasteiger partial charge is 0.237 e. The predicted octanol–water partition coefficient (Wildman–Crippen LogP) is 3.37. The van der Waals surface area contributed by atoms with Crippen molar-refractivity contribution in [3.8, 4) is 0 Å². The first-order chi connectivity index (χ1) is 10.6. The number of rotatable bonds is 6. The molecule has 1 aromatic rings. The maximum atomic E-state index is 11.8. The summed E-state index contributed by atoms with van der Waals surface area (Å²) in [6, 6.07) is 11.1. The van der Waals surface area contributed by atoms with Crippen molar-refractivity contribution in [3.05, 3.63) is 35.9 Å². The number of carbonyl (C=O) groups excluding carboxylic acids is 1. The highest BCUT2D eigenvalue weighted by Crippen LogP contribution is 2.20. The van der Waals surface area contributed by atoms with Gasteiger partial charge in [-0.3, -0.25) is 9.69 Å². The molecule has 22 heavy (non-hydrogen) atoms. The first-order valence-electron chi connectivity index (χ1n) is 8.22. The summed E-state index contributed by atoms with van der Waals surface area (Å²) in [7, 11) is 0. The summed E-state index contributed by atoms with van der Waals surface area (Å²) in [6.45, 7) is 8.21. The topological polar surface area (TPSA) is 23.6 Å². The van der Waals surface area contributed by atoms with Crippen molar-refractivity contribution in [2.45, 2.75) is 39.3 Å². The molecule has 1 atom stereocenters. The molecule has 1 saturated heterocycles. The van der Waals surface area contributed by atoms with E-state index in [1.54, 1.807) is 0 Å². The van der Waals surface area contributed by atoms with Crippen LogP contribution in [0.2, 0.25) is 0 Å². The fourth-order valence-electron chi connectivity index (χ4n) is 3.13. The zero-order valence-electron chi connectivity index (χ0n) is 13.7. The number of hydrogen-bond donors (Lipinski definition) is 0. The van der Waals surface area contributed by atoms with E-state index in [-0.39, 0.29) is 11.8 Å². The molecule has 0 spiro atoms. The van der Waals surface area contributed by atoms with E-state index in [1.807, 2.05) is 4.90 Å². The Bertz CT molecular complexity index is 463. The van der Waals surface area contributed by atoms with Crippen molar-refractivity contribution in [2.75, 3.05) is 25.5 Å². The minimum absolute atomic E-state index is 0.0746. The molecule has 0 N–H and O–H groups in total. The van der Waals surface area contributed by atoms with Crippen LogP contribution in [0.15, 0.2) is 30.3 Å². The molecule has 1 amide bonds. The van der Waals surface area contributed by atoms with E-state index in [2.05, 4.69) is 49.1 Å². The maximum absolute atomic E-state index is 11.8. The van der Waals surface area contributed by atoms with Gasteiger partial charge in [0.25, 0.3) is 0 Å². The van der Waals surface area contributed by atoms with Crippen LogP contribution in [0.5, 0.6) is 0 Å². The van der Waals surface area contributed by atoms with Gasteiger partial charge in [0, 0.05) is 32.2 Å². The van der Waals surface area contributed by atoms with Crippen LogP contribution >= 0.6 is 11.6 Å². The lowest BCUT2D eigenvalue weighted by Gasteiger charge is -2.37. The van der Waals surface area contributed by atoms with Crippen LogP contribution in [0.3, 0.4) is 0 Å². The van der Waals surface area contributed by atoms with Gasteiger partial charge < -0.3 is 4.90 Å². The van der Waals surface area contributed by atoms with E-state index in [9.17, 15) is 4.79 Å². The Morgan fingerprint density at radius 2 is 2.09 bits per heavy atom. The van der Waals surface area contributed by atoms with Crippen LogP contribution in [0.4, 0.5) is 0 Å². The predicted molar refractivity (Wildman–Crippen MR) is 92.0 cm³/mol. The lowest BCUT2D eigenvalue weighted by molar-refractivity contribution is -0.130. The van der Waals surface area contributed by atoms with Gasteiger partial charge in [-0.25, -0.2) is 0 Å². The SMILES string of the molecule is CC(C)N(Cc1ccccc1)C[C@@H]1CCCN(C(=O)CCl)C1. The first kappa shape index (κ1) is 17.3. The molecule has 0 aromatic heterocycles. The number of amides is 1. The van der Waals surface area contributed by atoms with Gasteiger partial charge >= 0.3 is 0 Å². The number of likely N-dealkylation sites (tertiary alicyclic amines) is 1. The van der Waals surface area contributed by atoms with Gasteiger partial charge in [0.15, 0.2) is 0 Å². The number of piperidine rings is 1. The van der Waals surface area contributed by atoms with Gasteiger partial charge in [-0.1, -0.05) is 30.3 Å². The lowest BCUT2D eigenvalue weighted by Crippen LogP contribution is -2.45. The highest BCUT2D eigenvalue weighted by molar-refractivity contribution is 6.27. The second kappa shape index (κ2) is 8.54. The van der Waals surface area contributed by atoms with E-state index in [1.165, 1.54) is 12.0 Å². The molecule has 2 rings (SSSR count). The molecule has 1 aromatic carbocycles. The maximum Gasteiger partial charge on any atom is 0.237 e. The molecule has 1 fully saturated rings. The summed E-state index contributed by atoms with van der Waals surface area (Å²) < 4.78 is 0. The largest absolute Gasteiger partial charge is 0.341 e. The summed E-state index contributed by atoms with van der Waals surface area (Å²) in [5.74, 6) is 0.725. The molecule has 0 saturated carbocycles.